The van der Waals surface area contributed by atoms with Crippen LogP contribution in [0.4, 0.5) is 0 Å². The number of nitrogens with one attached hydrogen (secondary N) is 1. The largest absolute Gasteiger partial charge is 0.361 e. The standard InChI is InChI=1S/C24H35N/c1-5-9-13-23(20-14-15-24-21(18-20)16-17-25-24)22(12-8-4)19(10-6-2)11-7-3/h10,14-18,25H,5-9,11-13H2,1-4H3/b19-10-,23-22+. The van der Waals surface area contributed by atoms with Crippen LogP contribution in [0, 0.1) is 0 Å². The second-order valence-electron chi connectivity index (χ2n) is 6.98. The zero-order chi connectivity index (χ0) is 18.1. The van der Waals surface area contributed by atoms with Gasteiger partial charge >= 0.3 is 0 Å². The number of aromatic nitrogens is 1. The van der Waals surface area contributed by atoms with E-state index in [0.717, 1.165) is 6.42 Å². The van der Waals surface area contributed by atoms with Gasteiger partial charge in [-0.05, 0) is 78.0 Å². The van der Waals surface area contributed by atoms with Gasteiger partial charge in [-0.3, -0.25) is 0 Å². The summed E-state index contributed by atoms with van der Waals surface area (Å²) in [6.45, 7) is 9.16. The van der Waals surface area contributed by atoms with Crippen LogP contribution in [-0.2, 0) is 0 Å². The molecule has 1 heterocycles. The first-order valence-corrected chi connectivity index (χ1v) is 10.2. The molecule has 2 rings (SSSR count). The Morgan fingerprint density at radius 1 is 0.920 bits per heavy atom. The maximum atomic E-state index is 3.32. The van der Waals surface area contributed by atoms with Crippen molar-refractivity contribution in [2.45, 2.75) is 79.1 Å². The second kappa shape index (κ2) is 10.3. The van der Waals surface area contributed by atoms with Crippen molar-refractivity contribution in [3.05, 3.63) is 53.2 Å². The van der Waals surface area contributed by atoms with Gasteiger partial charge in [0.2, 0.25) is 0 Å². The van der Waals surface area contributed by atoms with Gasteiger partial charge in [-0.2, -0.15) is 0 Å². The van der Waals surface area contributed by atoms with Crippen molar-refractivity contribution >= 4 is 16.5 Å². The fourth-order valence-electron chi connectivity index (χ4n) is 3.71. The molecular formula is C24H35N. The smallest absolute Gasteiger partial charge is 0.0454 e. The Bertz CT molecular complexity index is 715. The first-order valence-electron chi connectivity index (χ1n) is 10.2. The van der Waals surface area contributed by atoms with Crippen molar-refractivity contribution in [2.75, 3.05) is 0 Å². The van der Waals surface area contributed by atoms with Gasteiger partial charge in [0, 0.05) is 11.7 Å². The summed E-state index contributed by atoms with van der Waals surface area (Å²) >= 11 is 0. The van der Waals surface area contributed by atoms with Crippen LogP contribution < -0.4 is 0 Å². The van der Waals surface area contributed by atoms with Crippen LogP contribution >= 0.6 is 0 Å². The monoisotopic (exact) mass is 337 g/mol. The molecule has 136 valence electrons. The van der Waals surface area contributed by atoms with Gasteiger partial charge in [0.25, 0.3) is 0 Å². The van der Waals surface area contributed by atoms with E-state index in [0.29, 0.717) is 0 Å². The lowest BCUT2D eigenvalue weighted by molar-refractivity contribution is 0.804. The summed E-state index contributed by atoms with van der Waals surface area (Å²) < 4.78 is 0. The van der Waals surface area contributed by atoms with E-state index in [4.69, 9.17) is 0 Å². The van der Waals surface area contributed by atoms with E-state index in [1.807, 2.05) is 6.20 Å². The minimum absolute atomic E-state index is 1.13. The summed E-state index contributed by atoms with van der Waals surface area (Å²) in [6, 6.07) is 9.12. The summed E-state index contributed by atoms with van der Waals surface area (Å²) in [5.74, 6) is 0. The van der Waals surface area contributed by atoms with Gasteiger partial charge in [0.05, 0.1) is 0 Å². The van der Waals surface area contributed by atoms with Crippen LogP contribution in [0.3, 0.4) is 0 Å². The lowest BCUT2D eigenvalue weighted by atomic mass is 9.86. The Hall–Kier alpha value is -1.76. The molecule has 1 heteroatoms. The van der Waals surface area contributed by atoms with Crippen LogP contribution in [0.15, 0.2) is 47.7 Å². The number of hydrogen-bond acceptors (Lipinski definition) is 0. The first kappa shape index (κ1) is 19.6. The van der Waals surface area contributed by atoms with Gasteiger partial charge in [0.1, 0.15) is 0 Å². The Labute approximate surface area is 154 Å². The van der Waals surface area contributed by atoms with Gasteiger partial charge in [0.15, 0.2) is 0 Å². The third kappa shape index (κ3) is 5.11. The molecule has 0 aliphatic carbocycles. The van der Waals surface area contributed by atoms with E-state index >= 15 is 0 Å². The molecule has 0 atom stereocenters. The molecule has 0 aliphatic rings. The predicted molar refractivity (Wildman–Crippen MR) is 113 cm³/mol. The fraction of sp³-hybridized carbons (Fsp3) is 0.500. The molecule has 1 N–H and O–H groups in total. The molecule has 1 nitrogen and oxygen atoms in total. The normalized spacial score (nSPS) is 13.4. The number of rotatable bonds is 10. The summed E-state index contributed by atoms with van der Waals surface area (Å²) in [5.41, 5.74) is 7.44. The molecule has 1 aromatic heterocycles. The van der Waals surface area contributed by atoms with Crippen LogP contribution in [-0.4, -0.2) is 4.98 Å². The third-order valence-corrected chi connectivity index (χ3v) is 4.90. The Morgan fingerprint density at radius 3 is 2.40 bits per heavy atom. The highest BCUT2D eigenvalue weighted by atomic mass is 14.7. The van der Waals surface area contributed by atoms with Crippen molar-refractivity contribution < 1.29 is 0 Å². The molecule has 0 unspecified atom stereocenters. The Morgan fingerprint density at radius 2 is 1.72 bits per heavy atom. The lowest BCUT2D eigenvalue weighted by Crippen LogP contribution is -1.98. The van der Waals surface area contributed by atoms with Crippen LogP contribution in [0.5, 0.6) is 0 Å². The highest BCUT2D eigenvalue weighted by Gasteiger charge is 2.13. The number of H-pyrrole nitrogens is 1. The van der Waals surface area contributed by atoms with Crippen molar-refractivity contribution in [1.82, 2.24) is 4.98 Å². The Kier molecular flexibility index (Phi) is 8.04. The minimum Gasteiger partial charge on any atom is -0.361 e. The molecule has 1 aromatic carbocycles. The van der Waals surface area contributed by atoms with E-state index in [1.165, 1.54) is 61.4 Å². The maximum Gasteiger partial charge on any atom is 0.0454 e. The molecule has 0 radical (unpaired) electrons. The average molecular weight is 338 g/mol. The van der Waals surface area contributed by atoms with Gasteiger partial charge in [-0.25, -0.2) is 0 Å². The average Bonchev–Trinajstić information content (AvgIpc) is 3.09. The highest BCUT2D eigenvalue weighted by Crippen LogP contribution is 2.34. The second-order valence-corrected chi connectivity index (χ2v) is 6.98. The SMILES string of the molecule is CC/C=C(CCC)\C(CCC)=C(/CCCC)c1ccc2[nH]ccc2c1. The molecule has 0 spiro atoms. The molecule has 0 saturated heterocycles. The third-order valence-electron chi connectivity index (χ3n) is 4.90. The number of benzene rings is 1. The lowest BCUT2D eigenvalue weighted by Gasteiger charge is -2.19. The van der Waals surface area contributed by atoms with Gasteiger partial charge in [-0.1, -0.05) is 59.1 Å². The van der Waals surface area contributed by atoms with Gasteiger partial charge < -0.3 is 4.98 Å². The number of allylic oxidation sites excluding steroid dienone is 4. The molecule has 0 bridgehead atoms. The number of fused-ring (bicyclic) bond motifs is 1. The number of aromatic amines is 1. The Balaban J connectivity index is 2.58. The van der Waals surface area contributed by atoms with Crippen molar-refractivity contribution in [2.24, 2.45) is 0 Å². The molecular weight excluding hydrogens is 302 g/mol. The maximum absolute atomic E-state index is 3.32. The number of hydrogen-bond donors (Lipinski definition) is 1. The minimum atomic E-state index is 1.13. The van der Waals surface area contributed by atoms with Crippen LogP contribution in [0.1, 0.15) is 84.6 Å². The van der Waals surface area contributed by atoms with Crippen molar-refractivity contribution in [3.63, 3.8) is 0 Å². The molecule has 25 heavy (non-hydrogen) atoms. The zero-order valence-electron chi connectivity index (χ0n) is 16.6. The quantitative estimate of drug-likeness (QED) is 0.422. The van der Waals surface area contributed by atoms with E-state index in [9.17, 15) is 0 Å². The molecule has 0 aliphatic heterocycles. The summed E-state index contributed by atoms with van der Waals surface area (Å²) in [7, 11) is 0. The highest BCUT2D eigenvalue weighted by molar-refractivity contribution is 5.85. The van der Waals surface area contributed by atoms with Crippen LogP contribution in [0.25, 0.3) is 16.5 Å². The van der Waals surface area contributed by atoms with Gasteiger partial charge in [-0.15, -0.1) is 0 Å². The molecule has 0 amide bonds. The van der Waals surface area contributed by atoms with E-state index in [1.54, 1.807) is 16.7 Å². The summed E-state index contributed by atoms with van der Waals surface area (Å²) in [4.78, 5) is 3.32. The fourth-order valence-corrected chi connectivity index (χ4v) is 3.71. The summed E-state index contributed by atoms with van der Waals surface area (Å²) in [6.07, 6.45) is 14.1. The zero-order valence-corrected chi connectivity index (χ0v) is 16.6. The van der Waals surface area contributed by atoms with E-state index in [-0.39, 0.29) is 0 Å². The number of unbranched alkanes of at least 4 members (excludes halogenated alkanes) is 1. The molecule has 2 aromatic rings. The van der Waals surface area contributed by atoms with Crippen molar-refractivity contribution in [3.8, 4) is 0 Å². The van der Waals surface area contributed by atoms with E-state index in [2.05, 4.69) is 63.0 Å². The molecule has 0 saturated carbocycles. The van der Waals surface area contributed by atoms with E-state index < -0.39 is 0 Å². The predicted octanol–water partition coefficient (Wildman–Crippen LogP) is 8.05. The summed E-state index contributed by atoms with van der Waals surface area (Å²) in [5, 5.41) is 1.32. The molecule has 0 fully saturated rings. The topological polar surface area (TPSA) is 15.8 Å². The van der Waals surface area contributed by atoms with Crippen LogP contribution in [0.2, 0.25) is 0 Å². The first-order chi connectivity index (χ1) is 12.2. The van der Waals surface area contributed by atoms with Crippen molar-refractivity contribution in [1.29, 1.82) is 0 Å².